The Hall–Kier alpha value is -3.72. The quantitative estimate of drug-likeness (QED) is 0.312. The molecule has 1 amide bonds. The number of nitro benzene ring substituents is 1. The molecule has 0 aliphatic rings. The number of benzene rings is 2. The summed E-state index contributed by atoms with van der Waals surface area (Å²) >= 11 is 1.24. The Morgan fingerprint density at radius 2 is 1.87 bits per heavy atom. The summed E-state index contributed by atoms with van der Waals surface area (Å²) in [6, 6.07) is 12.5. The van der Waals surface area contributed by atoms with Crippen LogP contribution in [0.4, 0.5) is 10.7 Å². The van der Waals surface area contributed by atoms with E-state index in [1.807, 2.05) is 6.92 Å². The molecule has 0 radical (unpaired) electrons. The van der Waals surface area contributed by atoms with Gasteiger partial charge < -0.3 is 14.8 Å². The van der Waals surface area contributed by atoms with Crippen LogP contribution in [0, 0.1) is 17.0 Å². The minimum Gasteiger partial charge on any atom is -0.497 e. The molecule has 0 aliphatic heterocycles. The molecule has 0 aliphatic carbocycles. The molecule has 8 nitrogen and oxygen atoms in total. The fraction of sp³-hybridized carbons (Fsp3) is 0.182. The predicted molar refractivity (Wildman–Crippen MR) is 118 cm³/mol. The van der Waals surface area contributed by atoms with E-state index in [9.17, 15) is 19.7 Å². The van der Waals surface area contributed by atoms with Gasteiger partial charge in [-0.1, -0.05) is 6.07 Å². The zero-order valence-electron chi connectivity index (χ0n) is 17.1. The van der Waals surface area contributed by atoms with Gasteiger partial charge in [-0.05, 0) is 49.7 Å². The fourth-order valence-electron chi connectivity index (χ4n) is 3.07. The summed E-state index contributed by atoms with van der Waals surface area (Å²) in [6.45, 7) is 3.67. The molecule has 0 unspecified atom stereocenters. The van der Waals surface area contributed by atoms with Gasteiger partial charge in [0.05, 0.1) is 18.6 Å². The monoisotopic (exact) mass is 440 g/mol. The van der Waals surface area contributed by atoms with Crippen LogP contribution in [0.2, 0.25) is 0 Å². The predicted octanol–water partition coefficient (Wildman–Crippen LogP) is 5.07. The third-order valence-corrected chi connectivity index (χ3v) is 5.51. The number of ether oxygens (including phenoxy) is 2. The molecule has 2 aromatic carbocycles. The van der Waals surface area contributed by atoms with Crippen LogP contribution in [0.15, 0.2) is 48.5 Å². The van der Waals surface area contributed by atoms with E-state index < -0.39 is 16.8 Å². The Kier molecular flexibility index (Phi) is 6.66. The van der Waals surface area contributed by atoms with Gasteiger partial charge in [-0.3, -0.25) is 14.9 Å². The van der Waals surface area contributed by atoms with Crippen molar-refractivity contribution in [3.8, 4) is 16.9 Å². The van der Waals surface area contributed by atoms with Crippen LogP contribution in [0.25, 0.3) is 11.1 Å². The summed E-state index contributed by atoms with van der Waals surface area (Å²) in [7, 11) is 1.51. The first-order valence-electron chi connectivity index (χ1n) is 9.36. The molecular weight excluding hydrogens is 420 g/mol. The first-order chi connectivity index (χ1) is 14.8. The Bertz CT molecular complexity index is 1140. The molecule has 160 valence electrons. The fourth-order valence-corrected chi connectivity index (χ4v) is 4.13. The summed E-state index contributed by atoms with van der Waals surface area (Å²) in [6.07, 6.45) is 0. The number of hydrogen-bond donors (Lipinski definition) is 1. The van der Waals surface area contributed by atoms with Crippen molar-refractivity contribution in [3.05, 3.63) is 74.6 Å². The van der Waals surface area contributed by atoms with Crippen molar-refractivity contribution in [1.82, 2.24) is 0 Å². The SMILES string of the molecule is CCOC(=O)c1c(NC(=O)c2cccc(OC)c2)sc(C)c1-c1ccc([N+](=O)[O-])cc1. The van der Waals surface area contributed by atoms with Gasteiger partial charge in [-0.25, -0.2) is 4.79 Å². The molecule has 0 fully saturated rings. The Balaban J connectivity index is 2.04. The molecule has 0 atom stereocenters. The maximum Gasteiger partial charge on any atom is 0.341 e. The van der Waals surface area contributed by atoms with Crippen LogP contribution in [0.5, 0.6) is 5.75 Å². The molecule has 1 heterocycles. The Morgan fingerprint density at radius 1 is 1.16 bits per heavy atom. The number of thiophene rings is 1. The molecular formula is C22H20N2O6S. The zero-order chi connectivity index (χ0) is 22.5. The van der Waals surface area contributed by atoms with E-state index in [1.165, 1.54) is 30.6 Å². The Morgan fingerprint density at radius 3 is 2.48 bits per heavy atom. The van der Waals surface area contributed by atoms with Gasteiger partial charge in [0.2, 0.25) is 0 Å². The topological polar surface area (TPSA) is 108 Å². The highest BCUT2D eigenvalue weighted by molar-refractivity contribution is 7.17. The van der Waals surface area contributed by atoms with Gasteiger partial charge in [-0.2, -0.15) is 0 Å². The second kappa shape index (κ2) is 9.40. The van der Waals surface area contributed by atoms with Crippen molar-refractivity contribution >= 4 is 33.9 Å². The summed E-state index contributed by atoms with van der Waals surface area (Å²) < 4.78 is 10.4. The number of esters is 1. The summed E-state index contributed by atoms with van der Waals surface area (Å²) in [4.78, 5) is 36.8. The van der Waals surface area contributed by atoms with Crippen LogP contribution in [0.3, 0.4) is 0 Å². The molecule has 31 heavy (non-hydrogen) atoms. The number of nitro groups is 1. The number of aryl methyl sites for hydroxylation is 1. The number of carbonyl (C=O) groups excluding carboxylic acids is 2. The maximum atomic E-state index is 12.8. The summed E-state index contributed by atoms with van der Waals surface area (Å²) in [5.74, 6) is -0.450. The van der Waals surface area contributed by atoms with E-state index in [0.717, 1.165) is 4.88 Å². The minimum absolute atomic E-state index is 0.0548. The summed E-state index contributed by atoms with van der Waals surface area (Å²) in [5.41, 5.74) is 1.72. The number of carbonyl (C=O) groups is 2. The van der Waals surface area contributed by atoms with Gasteiger partial charge >= 0.3 is 5.97 Å². The van der Waals surface area contributed by atoms with E-state index in [1.54, 1.807) is 43.3 Å². The highest BCUT2D eigenvalue weighted by Crippen LogP contribution is 2.41. The van der Waals surface area contributed by atoms with Crippen molar-refractivity contribution in [2.75, 3.05) is 19.0 Å². The maximum absolute atomic E-state index is 12.8. The average molecular weight is 440 g/mol. The molecule has 0 saturated carbocycles. The largest absolute Gasteiger partial charge is 0.497 e. The van der Waals surface area contributed by atoms with E-state index in [0.29, 0.717) is 27.4 Å². The lowest BCUT2D eigenvalue weighted by Crippen LogP contribution is -2.15. The molecule has 1 aromatic heterocycles. The second-order valence-corrected chi connectivity index (χ2v) is 7.67. The third-order valence-electron chi connectivity index (χ3n) is 4.49. The lowest BCUT2D eigenvalue weighted by molar-refractivity contribution is -0.384. The first-order valence-corrected chi connectivity index (χ1v) is 10.2. The standard InChI is InChI=1S/C22H20N2O6S/c1-4-30-22(26)19-18(14-8-10-16(11-9-14)24(27)28)13(2)31-21(19)23-20(25)15-6-5-7-17(12-15)29-3/h5-12H,4H2,1-3H3,(H,23,25). The highest BCUT2D eigenvalue weighted by atomic mass is 32.1. The molecule has 0 bridgehead atoms. The molecule has 9 heteroatoms. The van der Waals surface area contributed by atoms with Gasteiger partial charge in [0.25, 0.3) is 11.6 Å². The zero-order valence-corrected chi connectivity index (χ0v) is 17.9. The lowest BCUT2D eigenvalue weighted by atomic mass is 10.0. The lowest BCUT2D eigenvalue weighted by Gasteiger charge is -2.10. The number of nitrogens with one attached hydrogen (secondary N) is 1. The number of anilines is 1. The normalized spacial score (nSPS) is 10.4. The number of rotatable bonds is 7. The van der Waals surface area contributed by atoms with E-state index in [-0.39, 0.29) is 17.9 Å². The van der Waals surface area contributed by atoms with E-state index in [4.69, 9.17) is 9.47 Å². The van der Waals surface area contributed by atoms with Crippen LogP contribution in [-0.2, 0) is 4.74 Å². The van der Waals surface area contributed by atoms with Gasteiger partial charge in [0, 0.05) is 28.1 Å². The van der Waals surface area contributed by atoms with Gasteiger partial charge in [-0.15, -0.1) is 11.3 Å². The van der Waals surface area contributed by atoms with Crippen molar-refractivity contribution in [3.63, 3.8) is 0 Å². The molecule has 0 saturated heterocycles. The van der Waals surface area contributed by atoms with Crippen LogP contribution < -0.4 is 10.1 Å². The van der Waals surface area contributed by atoms with Crippen molar-refractivity contribution < 1.29 is 24.0 Å². The Labute approximate surface area is 182 Å². The first kappa shape index (κ1) is 22.0. The summed E-state index contributed by atoms with van der Waals surface area (Å²) in [5, 5.41) is 14.1. The number of methoxy groups -OCH3 is 1. The molecule has 1 N–H and O–H groups in total. The molecule has 3 aromatic rings. The highest BCUT2D eigenvalue weighted by Gasteiger charge is 2.26. The molecule has 3 rings (SSSR count). The number of amides is 1. The number of hydrogen-bond acceptors (Lipinski definition) is 7. The van der Waals surface area contributed by atoms with Crippen molar-refractivity contribution in [1.29, 1.82) is 0 Å². The van der Waals surface area contributed by atoms with E-state index in [2.05, 4.69) is 5.32 Å². The minimum atomic E-state index is -0.582. The number of nitrogens with zero attached hydrogens (tertiary/aromatic N) is 1. The molecule has 0 spiro atoms. The van der Waals surface area contributed by atoms with E-state index >= 15 is 0 Å². The van der Waals surface area contributed by atoms with Crippen LogP contribution in [0.1, 0.15) is 32.5 Å². The van der Waals surface area contributed by atoms with Crippen molar-refractivity contribution in [2.24, 2.45) is 0 Å². The number of non-ortho nitro benzene ring substituents is 1. The van der Waals surface area contributed by atoms with Crippen molar-refractivity contribution in [2.45, 2.75) is 13.8 Å². The third kappa shape index (κ3) is 4.72. The van der Waals surface area contributed by atoms with Gasteiger partial charge in [0.15, 0.2) is 0 Å². The second-order valence-electron chi connectivity index (χ2n) is 6.45. The smallest absolute Gasteiger partial charge is 0.341 e. The van der Waals surface area contributed by atoms with Crippen LogP contribution >= 0.6 is 11.3 Å². The van der Waals surface area contributed by atoms with Crippen LogP contribution in [-0.4, -0.2) is 30.5 Å². The average Bonchev–Trinajstić information content (AvgIpc) is 3.09. The van der Waals surface area contributed by atoms with Gasteiger partial charge in [0.1, 0.15) is 16.3 Å².